The summed E-state index contributed by atoms with van der Waals surface area (Å²) in [5.41, 5.74) is 5.55. The van der Waals surface area contributed by atoms with Gasteiger partial charge < -0.3 is 10.8 Å². The van der Waals surface area contributed by atoms with Crippen molar-refractivity contribution in [1.29, 1.82) is 0 Å². The number of nitrogens with two attached hydrogens (primary N) is 1. The second-order valence-corrected chi connectivity index (χ2v) is 3.74. The fourth-order valence-corrected chi connectivity index (χ4v) is 2.05. The molecule has 0 fully saturated rings. The van der Waals surface area contributed by atoms with Crippen LogP contribution >= 0.6 is 11.3 Å². The molecular formula is C8H12N2O2S. The Labute approximate surface area is 80.4 Å². The van der Waals surface area contributed by atoms with Crippen LogP contribution in [0.4, 0.5) is 0 Å². The van der Waals surface area contributed by atoms with Crippen LogP contribution in [0.3, 0.4) is 0 Å². The normalized spacial score (nSPS) is 10.3. The number of carboxylic acid groups (broad SMARTS) is 1. The zero-order valence-electron chi connectivity index (χ0n) is 7.41. The zero-order valence-corrected chi connectivity index (χ0v) is 8.23. The molecular weight excluding hydrogens is 188 g/mol. The molecule has 0 saturated heterocycles. The SMILES string of the molecule is CCc1sc(CCN)nc1C(=O)O. The first-order chi connectivity index (χ1) is 6.19. The summed E-state index contributed by atoms with van der Waals surface area (Å²) in [5.74, 6) is -0.948. The van der Waals surface area contributed by atoms with Crippen molar-refractivity contribution in [3.05, 3.63) is 15.6 Å². The van der Waals surface area contributed by atoms with Gasteiger partial charge in [-0.2, -0.15) is 0 Å². The number of aryl methyl sites for hydroxylation is 1. The molecule has 0 spiro atoms. The van der Waals surface area contributed by atoms with Crippen molar-refractivity contribution < 1.29 is 9.90 Å². The van der Waals surface area contributed by atoms with Gasteiger partial charge in [0, 0.05) is 11.3 Å². The second kappa shape index (κ2) is 4.34. The summed E-state index contributed by atoms with van der Waals surface area (Å²) in [6.45, 7) is 2.43. The van der Waals surface area contributed by atoms with Gasteiger partial charge >= 0.3 is 5.97 Å². The van der Waals surface area contributed by atoms with Gasteiger partial charge in [-0.15, -0.1) is 11.3 Å². The first-order valence-electron chi connectivity index (χ1n) is 4.11. The standard InChI is InChI=1S/C8H12N2O2S/c1-2-5-7(8(11)12)10-6(13-5)3-4-9/h2-4,9H2,1H3,(H,11,12). The van der Waals surface area contributed by atoms with Crippen molar-refractivity contribution in [1.82, 2.24) is 4.98 Å². The van der Waals surface area contributed by atoms with E-state index >= 15 is 0 Å². The molecule has 5 heteroatoms. The molecule has 13 heavy (non-hydrogen) atoms. The van der Waals surface area contributed by atoms with E-state index in [1.807, 2.05) is 6.92 Å². The largest absolute Gasteiger partial charge is 0.476 e. The van der Waals surface area contributed by atoms with E-state index in [-0.39, 0.29) is 5.69 Å². The summed E-state index contributed by atoms with van der Waals surface area (Å²) in [4.78, 5) is 15.5. The molecule has 3 N–H and O–H groups in total. The summed E-state index contributed by atoms with van der Waals surface area (Å²) >= 11 is 1.44. The third-order valence-corrected chi connectivity index (χ3v) is 2.88. The van der Waals surface area contributed by atoms with Gasteiger partial charge in [0.2, 0.25) is 0 Å². The number of carboxylic acids is 1. The lowest BCUT2D eigenvalue weighted by Gasteiger charge is -1.89. The number of carbonyl (C=O) groups is 1. The van der Waals surface area contributed by atoms with Crippen LogP contribution in [0.1, 0.15) is 27.3 Å². The molecule has 0 atom stereocenters. The third kappa shape index (κ3) is 2.26. The molecule has 72 valence electrons. The first kappa shape index (κ1) is 10.1. The Hall–Kier alpha value is -0.940. The average molecular weight is 200 g/mol. The van der Waals surface area contributed by atoms with Gasteiger partial charge in [0.25, 0.3) is 0 Å². The lowest BCUT2D eigenvalue weighted by atomic mass is 10.3. The number of thiazole rings is 1. The van der Waals surface area contributed by atoms with Gasteiger partial charge in [0.05, 0.1) is 5.01 Å². The first-order valence-corrected chi connectivity index (χ1v) is 4.92. The molecule has 0 aliphatic rings. The molecule has 1 aromatic rings. The predicted octanol–water partition coefficient (Wildman–Crippen LogP) is 0.905. The van der Waals surface area contributed by atoms with Crippen LogP contribution in [-0.4, -0.2) is 22.6 Å². The second-order valence-electron chi connectivity index (χ2n) is 2.58. The number of hydrogen-bond acceptors (Lipinski definition) is 4. The molecule has 1 rings (SSSR count). The summed E-state index contributed by atoms with van der Waals surface area (Å²) in [5, 5.41) is 9.61. The Morgan fingerprint density at radius 3 is 2.77 bits per heavy atom. The van der Waals surface area contributed by atoms with Crippen LogP contribution < -0.4 is 5.73 Å². The third-order valence-electron chi connectivity index (χ3n) is 1.62. The molecule has 0 aromatic carbocycles. The highest BCUT2D eigenvalue weighted by molar-refractivity contribution is 7.11. The molecule has 4 nitrogen and oxygen atoms in total. The van der Waals surface area contributed by atoms with E-state index in [0.29, 0.717) is 19.4 Å². The maximum atomic E-state index is 10.7. The van der Waals surface area contributed by atoms with E-state index in [4.69, 9.17) is 10.8 Å². The Balaban J connectivity index is 2.97. The number of aromatic nitrogens is 1. The Kier molecular flexibility index (Phi) is 3.39. The van der Waals surface area contributed by atoms with Crippen LogP contribution in [0.2, 0.25) is 0 Å². The topological polar surface area (TPSA) is 76.2 Å². The molecule has 0 aliphatic carbocycles. The van der Waals surface area contributed by atoms with Crippen molar-refractivity contribution in [2.24, 2.45) is 5.73 Å². The van der Waals surface area contributed by atoms with E-state index in [0.717, 1.165) is 9.88 Å². The minimum Gasteiger partial charge on any atom is -0.476 e. The van der Waals surface area contributed by atoms with Crippen molar-refractivity contribution in [3.63, 3.8) is 0 Å². The van der Waals surface area contributed by atoms with Gasteiger partial charge in [-0.1, -0.05) is 6.92 Å². The molecule has 1 heterocycles. The van der Waals surface area contributed by atoms with Crippen LogP contribution in [0.5, 0.6) is 0 Å². The van der Waals surface area contributed by atoms with Crippen molar-refractivity contribution in [2.45, 2.75) is 19.8 Å². The Morgan fingerprint density at radius 2 is 2.38 bits per heavy atom. The smallest absolute Gasteiger partial charge is 0.355 e. The van der Waals surface area contributed by atoms with Gasteiger partial charge in [-0.25, -0.2) is 9.78 Å². The summed E-state index contributed by atoms with van der Waals surface area (Å²) in [6, 6.07) is 0. The monoisotopic (exact) mass is 200 g/mol. The van der Waals surface area contributed by atoms with Crippen LogP contribution in [0.25, 0.3) is 0 Å². The van der Waals surface area contributed by atoms with E-state index < -0.39 is 5.97 Å². The van der Waals surface area contributed by atoms with Crippen LogP contribution in [0.15, 0.2) is 0 Å². The Morgan fingerprint density at radius 1 is 1.69 bits per heavy atom. The fraction of sp³-hybridized carbons (Fsp3) is 0.500. The van der Waals surface area contributed by atoms with E-state index in [9.17, 15) is 4.79 Å². The molecule has 0 amide bonds. The van der Waals surface area contributed by atoms with E-state index in [1.165, 1.54) is 11.3 Å². The molecule has 0 aliphatic heterocycles. The highest BCUT2D eigenvalue weighted by Crippen LogP contribution is 2.19. The molecule has 0 radical (unpaired) electrons. The highest BCUT2D eigenvalue weighted by Gasteiger charge is 2.14. The minimum atomic E-state index is -0.948. The predicted molar refractivity (Wildman–Crippen MR) is 51.2 cm³/mol. The summed E-state index contributed by atoms with van der Waals surface area (Å²) in [7, 11) is 0. The number of nitrogens with zero attached hydrogens (tertiary/aromatic N) is 1. The van der Waals surface area contributed by atoms with Gasteiger partial charge in [0.15, 0.2) is 5.69 Å². The van der Waals surface area contributed by atoms with E-state index in [2.05, 4.69) is 4.98 Å². The molecule has 0 unspecified atom stereocenters. The molecule has 0 bridgehead atoms. The van der Waals surface area contributed by atoms with Crippen LogP contribution in [0, 0.1) is 0 Å². The molecule has 0 saturated carbocycles. The van der Waals surface area contributed by atoms with Gasteiger partial charge in [-0.05, 0) is 13.0 Å². The van der Waals surface area contributed by atoms with Gasteiger partial charge in [0.1, 0.15) is 0 Å². The quantitative estimate of drug-likeness (QED) is 0.757. The summed E-state index contributed by atoms with van der Waals surface area (Å²) < 4.78 is 0. The Bertz CT molecular complexity index is 309. The average Bonchev–Trinajstić information content (AvgIpc) is 2.48. The van der Waals surface area contributed by atoms with Crippen molar-refractivity contribution in [2.75, 3.05) is 6.54 Å². The zero-order chi connectivity index (χ0) is 9.84. The minimum absolute atomic E-state index is 0.191. The summed E-state index contributed by atoms with van der Waals surface area (Å²) in [6.07, 6.45) is 1.37. The van der Waals surface area contributed by atoms with Crippen molar-refractivity contribution in [3.8, 4) is 0 Å². The number of aromatic carboxylic acids is 1. The maximum absolute atomic E-state index is 10.7. The molecule has 1 aromatic heterocycles. The maximum Gasteiger partial charge on any atom is 0.355 e. The number of rotatable bonds is 4. The van der Waals surface area contributed by atoms with Crippen molar-refractivity contribution >= 4 is 17.3 Å². The fourth-order valence-electron chi connectivity index (χ4n) is 1.04. The lowest BCUT2D eigenvalue weighted by molar-refractivity contribution is 0.0690. The highest BCUT2D eigenvalue weighted by atomic mass is 32.1. The van der Waals surface area contributed by atoms with Gasteiger partial charge in [-0.3, -0.25) is 0 Å². The lowest BCUT2D eigenvalue weighted by Crippen LogP contribution is -2.04. The van der Waals surface area contributed by atoms with E-state index in [1.54, 1.807) is 0 Å². The van der Waals surface area contributed by atoms with Crippen LogP contribution in [-0.2, 0) is 12.8 Å². The number of hydrogen-bond donors (Lipinski definition) is 2.